The molecule has 0 bridgehead atoms. The molecular formula is C14H18N2O. The molecule has 3 nitrogen and oxygen atoms in total. The second-order valence-corrected chi connectivity index (χ2v) is 4.96. The van der Waals surface area contributed by atoms with E-state index >= 15 is 0 Å². The molecule has 3 heteroatoms. The maximum atomic E-state index is 12.0. The molecule has 0 aromatic heterocycles. The van der Waals surface area contributed by atoms with Crippen LogP contribution in [-0.2, 0) is 11.2 Å². The number of hydrogen-bond acceptors (Lipinski definition) is 2. The first kappa shape index (κ1) is 10.8. The minimum atomic E-state index is 0.249. The summed E-state index contributed by atoms with van der Waals surface area (Å²) < 4.78 is 0. The monoisotopic (exact) mass is 230 g/mol. The Kier molecular flexibility index (Phi) is 2.85. The van der Waals surface area contributed by atoms with Crippen molar-refractivity contribution in [2.24, 2.45) is 0 Å². The Bertz CT molecular complexity index is 424. The molecule has 0 saturated carbocycles. The van der Waals surface area contributed by atoms with Crippen molar-refractivity contribution >= 4 is 11.6 Å². The van der Waals surface area contributed by atoms with Gasteiger partial charge in [-0.3, -0.25) is 4.79 Å². The maximum Gasteiger partial charge on any atom is 0.231 e. The fraction of sp³-hybridized carbons (Fsp3) is 0.500. The first-order valence-corrected chi connectivity index (χ1v) is 6.46. The van der Waals surface area contributed by atoms with Gasteiger partial charge in [-0.2, -0.15) is 0 Å². The molecule has 1 atom stereocenters. The molecule has 1 saturated heterocycles. The van der Waals surface area contributed by atoms with Crippen LogP contribution in [0.25, 0.3) is 0 Å². The Labute approximate surface area is 102 Å². The molecule has 1 fully saturated rings. The van der Waals surface area contributed by atoms with Gasteiger partial charge in [0.25, 0.3) is 0 Å². The molecule has 2 heterocycles. The van der Waals surface area contributed by atoms with Crippen molar-refractivity contribution in [2.75, 3.05) is 18.0 Å². The van der Waals surface area contributed by atoms with Crippen LogP contribution in [0.1, 0.15) is 24.8 Å². The van der Waals surface area contributed by atoms with E-state index in [0.717, 1.165) is 18.8 Å². The average Bonchev–Trinajstić information content (AvgIpc) is 2.68. The molecule has 17 heavy (non-hydrogen) atoms. The van der Waals surface area contributed by atoms with Gasteiger partial charge in [0, 0.05) is 18.3 Å². The van der Waals surface area contributed by atoms with Crippen molar-refractivity contribution in [3.8, 4) is 0 Å². The maximum absolute atomic E-state index is 12.0. The topological polar surface area (TPSA) is 32.3 Å². The molecule has 3 rings (SSSR count). The third kappa shape index (κ3) is 2.07. The van der Waals surface area contributed by atoms with E-state index in [1.54, 1.807) is 0 Å². The minimum Gasteiger partial charge on any atom is -0.312 e. The Balaban J connectivity index is 1.76. The second kappa shape index (κ2) is 4.49. The number of rotatable bonds is 2. The van der Waals surface area contributed by atoms with E-state index in [1.807, 2.05) is 17.0 Å². The van der Waals surface area contributed by atoms with Gasteiger partial charge in [0.15, 0.2) is 0 Å². The predicted octanol–water partition coefficient (Wildman–Crippen LogP) is 1.72. The number of benzene rings is 1. The first-order chi connectivity index (χ1) is 8.34. The largest absolute Gasteiger partial charge is 0.312 e. The first-order valence-electron chi connectivity index (χ1n) is 6.46. The van der Waals surface area contributed by atoms with Crippen LogP contribution in [0, 0.1) is 0 Å². The summed E-state index contributed by atoms with van der Waals surface area (Å²) in [7, 11) is 0. The van der Waals surface area contributed by atoms with Gasteiger partial charge in [-0.25, -0.2) is 0 Å². The third-order valence-electron chi connectivity index (χ3n) is 3.74. The normalized spacial score (nSPS) is 23.9. The molecule has 1 aromatic carbocycles. The van der Waals surface area contributed by atoms with Crippen molar-refractivity contribution in [3.05, 3.63) is 29.8 Å². The lowest BCUT2D eigenvalue weighted by atomic mass is 10.0. The highest BCUT2D eigenvalue weighted by molar-refractivity contribution is 6.01. The number of amides is 1. The quantitative estimate of drug-likeness (QED) is 0.839. The van der Waals surface area contributed by atoms with Gasteiger partial charge < -0.3 is 10.2 Å². The summed E-state index contributed by atoms with van der Waals surface area (Å²) in [5.41, 5.74) is 2.29. The Morgan fingerprint density at radius 3 is 3.00 bits per heavy atom. The van der Waals surface area contributed by atoms with E-state index < -0.39 is 0 Å². The van der Waals surface area contributed by atoms with Crippen molar-refractivity contribution in [3.63, 3.8) is 0 Å². The van der Waals surface area contributed by atoms with Gasteiger partial charge in [-0.15, -0.1) is 0 Å². The lowest BCUT2D eigenvalue weighted by Crippen LogP contribution is -2.44. The van der Waals surface area contributed by atoms with Crippen molar-refractivity contribution in [1.82, 2.24) is 5.32 Å². The van der Waals surface area contributed by atoms with Gasteiger partial charge in [0.2, 0.25) is 5.91 Å². The Morgan fingerprint density at radius 1 is 1.29 bits per heavy atom. The van der Waals surface area contributed by atoms with Crippen LogP contribution < -0.4 is 10.2 Å². The molecular weight excluding hydrogens is 212 g/mol. The summed E-state index contributed by atoms with van der Waals surface area (Å²) in [5.74, 6) is 0.249. The summed E-state index contributed by atoms with van der Waals surface area (Å²) in [6.07, 6.45) is 4.30. The molecule has 1 aromatic rings. The second-order valence-electron chi connectivity index (χ2n) is 4.96. The van der Waals surface area contributed by atoms with E-state index in [0.29, 0.717) is 12.5 Å². The molecule has 1 amide bonds. The standard InChI is InChI=1S/C14H18N2O/c17-14-9-11-5-1-2-7-13(11)16(14)10-12-6-3-4-8-15-12/h1-2,5,7,12,15H,3-4,6,8-10H2. The van der Waals surface area contributed by atoms with E-state index in [-0.39, 0.29) is 5.91 Å². The zero-order chi connectivity index (χ0) is 11.7. The molecule has 2 aliphatic rings. The van der Waals surface area contributed by atoms with Crippen LogP contribution in [0.4, 0.5) is 5.69 Å². The van der Waals surface area contributed by atoms with Gasteiger partial charge in [0.05, 0.1) is 6.42 Å². The number of nitrogens with one attached hydrogen (secondary N) is 1. The van der Waals surface area contributed by atoms with Crippen molar-refractivity contribution in [2.45, 2.75) is 31.7 Å². The summed E-state index contributed by atoms with van der Waals surface area (Å²) in [5, 5.41) is 3.50. The van der Waals surface area contributed by atoms with Crippen LogP contribution >= 0.6 is 0 Å². The number of carbonyl (C=O) groups is 1. The number of carbonyl (C=O) groups excluding carboxylic acids is 1. The third-order valence-corrected chi connectivity index (χ3v) is 3.74. The predicted molar refractivity (Wildman–Crippen MR) is 68.1 cm³/mol. The SMILES string of the molecule is O=C1Cc2ccccc2N1CC1CCCCN1. The Morgan fingerprint density at radius 2 is 2.18 bits per heavy atom. The molecule has 1 N–H and O–H groups in total. The lowest BCUT2D eigenvalue weighted by molar-refractivity contribution is -0.117. The van der Waals surface area contributed by atoms with Gasteiger partial charge in [-0.05, 0) is 31.0 Å². The van der Waals surface area contributed by atoms with E-state index in [2.05, 4.69) is 17.4 Å². The number of para-hydroxylation sites is 1. The molecule has 90 valence electrons. The van der Waals surface area contributed by atoms with Crippen molar-refractivity contribution < 1.29 is 4.79 Å². The summed E-state index contributed by atoms with van der Waals surface area (Å²) in [4.78, 5) is 14.0. The fourth-order valence-corrected chi connectivity index (χ4v) is 2.82. The highest BCUT2D eigenvalue weighted by Crippen LogP contribution is 2.28. The minimum absolute atomic E-state index is 0.249. The van der Waals surface area contributed by atoms with Crippen LogP contribution in [-0.4, -0.2) is 25.0 Å². The molecule has 0 aliphatic carbocycles. The molecule has 1 unspecified atom stereocenters. The fourth-order valence-electron chi connectivity index (χ4n) is 2.82. The lowest BCUT2D eigenvalue weighted by Gasteiger charge is -2.28. The Hall–Kier alpha value is -1.35. The van der Waals surface area contributed by atoms with Crippen LogP contribution in [0.15, 0.2) is 24.3 Å². The van der Waals surface area contributed by atoms with Crippen LogP contribution in [0.3, 0.4) is 0 Å². The summed E-state index contributed by atoms with van der Waals surface area (Å²) in [6, 6.07) is 8.61. The molecule has 2 aliphatic heterocycles. The zero-order valence-corrected chi connectivity index (χ0v) is 9.98. The zero-order valence-electron chi connectivity index (χ0n) is 9.98. The van der Waals surface area contributed by atoms with Gasteiger partial charge in [0.1, 0.15) is 0 Å². The van der Waals surface area contributed by atoms with E-state index in [4.69, 9.17) is 0 Å². The van der Waals surface area contributed by atoms with E-state index in [1.165, 1.54) is 24.8 Å². The summed E-state index contributed by atoms with van der Waals surface area (Å²) >= 11 is 0. The number of anilines is 1. The molecule has 0 spiro atoms. The van der Waals surface area contributed by atoms with Gasteiger partial charge >= 0.3 is 0 Å². The van der Waals surface area contributed by atoms with Crippen molar-refractivity contribution in [1.29, 1.82) is 0 Å². The highest BCUT2D eigenvalue weighted by Gasteiger charge is 2.28. The number of piperidine rings is 1. The number of fused-ring (bicyclic) bond motifs is 1. The average molecular weight is 230 g/mol. The summed E-state index contributed by atoms with van der Waals surface area (Å²) in [6.45, 7) is 1.92. The molecule has 0 radical (unpaired) electrons. The van der Waals surface area contributed by atoms with Crippen LogP contribution in [0.2, 0.25) is 0 Å². The van der Waals surface area contributed by atoms with E-state index in [9.17, 15) is 4.79 Å². The number of nitrogens with zero attached hydrogens (tertiary/aromatic N) is 1. The van der Waals surface area contributed by atoms with Crippen LogP contribution in [0.5, 0.6) is 0 Å². The number of hydrogen-bond donors (Lipinski definition) is 1. The smallest absolute Gasteiger partial charge is 0.231 e. The highest BCUT2D eigenvalue weighted by atomic mass is 16.2. The van der Waals surface area contributed by atoms with Gasteiger partial charge in [-0.1, -0.05) is 24.6 Å².